The highest BCUT2D eigenvalue weighted by molar-refractivity contribution is 6.46. The Labute approximate surface area is 207 Å². The van der Waals surface area contributed by atoms with Crippen molar-refractivity contribution in [3.63, 3.8) is 0 Å². The molecule has 0 spiro atoms. The first-order valence-corrected chi connectivity index (χ1v) is 11.4. The van der Waals surface area contributed by atoms with Crippen molar-refractivity contribution in [3.05, 3.63) is 98.8 Å². The molecule has 1 amide bonds. The molecule has 1 N–H and O–H groups in total. The number of hydrogen-bond acceptors (Lipinski definition) is 5. The Morgan fingerprint density at radius 2 is 1.91 bits per heavy atom. The highest BCUT2D eigenvalue weighted by Gasteiger charge is 2.46. The summed E-state index contributed by atoms with van der Waals surface area (Å²) >= 11 is 12.4. The third-order valence-electron chi connectivity index (χ3n) is 5.62. The number of ketones is 1. The minimum Gasteiger partial charge on any atom is -0.507 e. The number of amides is 1. The number of carbonyl (C=O) groups is 2. The Morgan fingerprint density at radius 1 is 1.12 bits per heavy atom. The zero-order chi connectivity index (χ0) is 24.4. The Hall–Kier alpha value is -3.35. The Balaban J connectivity index is 1.86. The molecule has 4 rings (SSSR count). The third kappa shape index (κ3) is 4.52. The minimum absolute atomic E-state index is 0.0177. The molecule has 6 nitrogen and oxygen atoms in total. The molecule has 2 aromatic carbocycles. The molecule has 1 atom stereocenters. The molecule has 2 heterocycles. The van der Waals surface area contributed by atoms with Crippen LogP contribution in [0.2, 0.25) is 10.0 Å². The topological polar surface area (TPSA) is 79.7 Å². The number of halogens is 2. The second-order valence-electron chi connectivity index (χ2n) is 7.88. The number of aliphatic hydroxyl groups is 1. The van der Waals surface area contributed by atoms with Crippen LogP contribution in [0, 0.1) is 6.92 Å². The van der Waals surface area contributed by atoms with Crippen LogP contribution in [0.5, 0.6) is 5.75 Å². The van der Waals surface area contributed by atoms with Crippen LogP contribution in [-0.4, -0.2) is 33.3 Å². The molecule has 0 radical (unpaired) electrons. The summed E-state index contributed by atoms with van der Waals surface area (Å²) in [6.45, 7) is 4.36. The number of aliphatic hydroxyl groups excluding tert-OH is 1. The molecule has 1 aliphatic rings. The lowest BCUT2D eigenvalue weighted by Crippen LogP contribution is -2.29. The van der Waals surface area contributed by atoms with Crippen molar-refractivity contribution < 1.29 is 19.4 Å². The van der Waals surface area contributed by atoms with Gasteiger partial charge in [-0.3, -0.25) is 14.6 Å². The predicted molar refractivity (Wildman–Crippen MR) is 131 cm³/mol. The number of ether oxygens (including phenoxy) is 1. The zero-order valence-electron chi connectivity index (χ0n) is 18.6. The van der Waals surface area contributed by atoms with Crippen molar-refractivity contribution >= 4 is 40.7 Å². The van der Waals surface area contributed by atoms with E-state index in [1.54, 1.807) is 54.9 Å². The molecular formula is C26H22Cl2N2O4. The highest BCUT2D eigenvalue weighted by Crippen LogP contribution is 2.42. The summed E-state index contributed by atoms with van der Waals surface area (Å²) in [5.41, 5.74) is 2.48. The smallest absolute Gasteiger partial charge is 0.295 e. The minimum atomic E-state index is -0.859. The largest absolute Gasteiger partial charge is 0.507 e. The first kappa shape index (κ1) is 23.8. The van der Waals surface area contributed by atoms with Gasteiger partial charge < -0.3 is 14.7 Å². The molecule has 3 aromatic rings. The summed E-state index contributed by atoms with van der Waals surface area (Å²) in [6.07, 6.45) is 3.25. The van der Waals surface area contributed by atoms with E-state index in [0.29, 0.717) is 28.5 Å². The second-order valence-corrected chi connectivity index (χ2v) is 8.69. The molecule has 1 fully saturated rings. The average molecular weight is 497 g/mol. The molecule has 0 saturated carbocycles. The van der Waals surface area contributed by atoms with E-state index in [-0.39, 0.29) is 22.9 Å². The first-order chi connectivity index (χ1) is 16.3. The number of benzene rings is 2. The van der Waals surface area contributed by atoms with E-state index in [2.05, 4.69) is 4.98 Å². The maximum Gasteiger partial charge on any atom is 0.295 e. The number of Topliss-reactive ketones (excluding diaryl/α,β-unsaturated/α-hetero) is 1. The molecule has 0 unspecified atom stereocenters. The molecule has 0 bridgehead atoms. The number of likely N-dealkylation sites (tertiary alicyclic amines) is 1. The van der Waals surface area contributed by atoms with E-state index in [1.807, 2.05) is 19.9 Å². The maximum absolute atomic E-state index is 13.2. The van der Waals surface area contributed by atoms with Crippen molar-refractivity contribution in [2.75, 3.05) is 6.61 Å². The van der Waals surface area contributed by atoms with Gasteiger partial charge in [0.05, 0.1) is 28.3 Å². The van der Waals surface area contributed by atoms with E-state index in [4.69, 9.17) is 27.9 Å². The number of aryl methyl sites for hydroxylation is 1. The fourth-order valence-corrected chi connectivity index (χ4v) is 4.34. The summed E-state index contributed by atoms with van der Waals surface area (Å²) in [7, 11) is 0. The van der Waals surface area contributed by atoms with Gasteiger partial charge in [-0.2, -0.15) is 0 Å². The van der Waals surface area contributed by atoms with E-state index >= 15 is 0 Å². The lowest BCUT2D eigenvalue weighted by molar-refractivity contribution is -0.140. The van der Waals surface area contributed by atoms with Crippen molar-refractivity contribution in [2.45, 2.75) is 26.4 Å². The molecule has 8 heteroatoms. The van der Waals surface area contributed by atoms with Crippen LogP contribution < -0.4 is 4.74 Å². The summed E-state index contributed by atoms with van der Waals surface area (Å²) in [4.78, 5) is 31.8. The van der Waals surface area contributed by atoms with Crippen LogP contribution in [-0.2, 0) is 16.1 Å². The van der Waals surface area contributed by atoms with Gasteiger partial charge in [0, 0.05) is 24.5 Å². The van der Waals surface area contributed by atoms with Crippen molar-refractivity contribution in [1.29, 1.82) is 0 Å². The number of hydrogen-bond donors (Lipinski definition) is 1. The van der Waals surface area contributed by atoms with Gasteiger partial charge in [-0.1, -0.05) is 35.3 Å². The van der Waals surface area contributed by atoms with Crippen LogP contribution in [0.15, 0.2) is 66.5 Å². The normalized spacial score (nSPS) is 17.3. The van der Waals surface area contributed by atoms with Gasteiger partial charge in [-0.25, -0.2) is 0 Å². The van der Waals surface area contributed by atoms with Crippen molar-refractivity contribution in [1.82, 2.24) is 9.88 Å². The fraction of sp³-hybridized carbons (Fsp3) is 0.192. The second kappa shape index (κ2) is 9.87. The SMILES string of the molecule is CCOc1ccc(C(O)=C2C(=O)C(=O)N(Cc3cccnc3)[C@H]2c2ccc(Cl)c(Cl)c2)cc1C. The number of aromatic nitrogens is 1. The summed E-state index contributed by atoms with van der Waals surface area (Å²) < 4.78 is 5.57. The molecule has 1 aliphatic heterocycles. The van der Waals surface area contributed by atoms with Gasteiger partial charge in [0.25, 0.3) is 11.7 Å². The molecule has 1 saturated heterocycles. The highest BCUT2D eigenvalue weighted by atomic mass is 35.5. The van der Waals surface area contributed by atoms with Crippen molar-refractivity contribution in [3.8, 4) is 5.75 Å². The Morgan fingerprint density at radius 3 is 2.56 bits per heavy atom. The van der Waals surface area contributed by atoms with Gasteiger partial charge in [0.2, 0.25) is 0 Å². The molecule has 0 aliphatic carbocycles. The summed E-state index contributed by atoms with van der Waals surface area (Å²) in [6, 6.07) is 12.7. The quantitative estimate of drug-likeness (QED) is 0.268. The number of nitrogens with zero attached hydrogens (tertiary/aromatic N) is 2. The maximum atomic E-state index is 13.2. The standard InChI is InChI=1S/C26H22Cl2N2O4/c1-3-34-21-9-7-18(11-15(21)2)24(31)22-23(17-6-8-19(27)20(28)12-17)30(26(33)25(22)32)14-16-5-4-10-29-13-16/h4-13,23,31H,3,14H2,1-2H3/t23-/m0/s1. The molecular weight excluding hydrogens is 475 g/mol. The molecule has 34 heavy (non-hydrogen) atoms. The van der Waals surface area contributed by atoms with Crippen LogP contribution >= 0.6 is 23.2 Å². The average Bonchev–Trinajstić information content (AvgIpc) is 3.07. The van der Waals surface area contributed by atoms with Gasteiger partial charge in [-0.15, -0.1) is 0 Å². The van der Waals surface area contributed by atoms with Crippen LogP contribution in [0.1, 0.15) is 35.2 Å². The monoisotopic (exact) mass is 496 g/mol. The molecule has 1 aromatic heterocycles. The zero-order valence-corrected chi connectivity index (χ0v) is 20.1. The summed E-state index contributed by atoms with van der Waals surface area (Å²) in [5.74, 6) is -1.08. The molecule has 174 valence electrons. The lowest BCUT2D eigenvalue weighted by Gasteiger charge is -2.25. The number of pyridine rings is 1. The van der Waals surface area contributed by atoms with Gasteiger partial charge in [-0.05, 0) is 66.9 Å². The third-order valence-corrected chi connectivity index (χ3v) is 6.36. The van der Waals surface area contributed by atoms with E-state index in [0.717, 1.165) is 11.1 Å². The van der Waals surface area contributed by atoms with Gasteiger partial charge >= 0.3 is 0 Å². The van der Waals surface area contributed by atoms with Gasteiger partial charge in [0.15, 0.2) is 0 Å². The van der Waals surface area contributed by atoms with E-state index in [9.17, 15) is 14.7 Å². The van der Waals surface area contributed by atoms with Gasteiger partial charge in [0.1, 0.15) is 11.5 Å². The fourth-order valence-electron chi connectivity index (χ4n) is 4.03. The Bertz CT molecular complexity index is 1290. The first-order valence-electron chi connectivity index (χ1n) is 10.7. The van der Waals surface area contributed by atoms with Crippen molar-refractivity contribution in [2.24, 2.45) is 0 Å². The number of rotatable bonds is 6. The lowest BCUT2D eigenvalue weighted by atomic mass is 9.94. The van der Waals surface area contributed by atoms with Crippen LogP contribution in [0.4, 0.5) is 0 Å². The Kier molecular flexibility index (Phi) is 6.91. The summed E-state index contributed by atoms with van der Waals surface area (Å²) in [5, 5.41) is 11.9. The number of carbonyl (C=O) groups excluding carboxylic acids is 2. The predicted octanol–water partition coefficient (Wildman–Crippen LogP) is 5.72. The van der Waals surface area contributed by atoms with Crippen LogP contribution in [0.25, 0.3) is 5.76 Å². The van der Waals surface area contributed by atoms with E-state index < -0.39 is 17.7 Å². The van der Waals surface area contributed by atoms with Crippen LogP contribution in [0.3, 0.4) is 0 Å². The van der Waals surface area contributed by atoms with E-state index in [1.165, 1.54) is 4.90 Å².